The van der Waals surface area contributed by atoms with E-state index in [1.165, 1.54) is 18.0 Å². The number of nitrogens with zero attached hydrogens (tertiary/aromatic N) is 1. The number of carboxylic acid groups (broad SMARTS) is 1. The van der Waals surface area contributed by atoms with Crippen LogP contribution in [-0.4, -0.2) is 40.4 Å². The predicted octanol–water partition coefficient (Wildman–Crippen LogP) is 2.57. The van der Waals surface area contributed by atoms with Crippen molar-refractivity contribution in [2.24, 2.45) is 0 Å². The van der Waals surface area contributed by atoms with E-state index in [4.69, 9.17) is 0 Å². The molecule has 0 aromatic heterocycles. The molecule has 1 saturated carbocycles. The topological polar surface area (TPSA) is 86.7 Å². The Kier molecular flexibility index (Phi) is 4.49. The number of nitrogens with one attached hydrogen (secondary N) is 1. The molecule has 1 heterocycles. The maximum atomic E-state index is 14.5. The molecular formula is C18H21FN2O4. The second-order valence-electron chi connectivity index (χ2n) is 6.80. The van der Waals surface area contributed by atoms with Crippen molar-refractivity contribution in [1.82, 2.24) is 4.90 Å². The lowest BCUT2D eigenvalue weighted by Crippen LogP contribution is -2.56. The highest BCUT2D eigenvalue weighted by Crippen LogP contribution is 2.35. The molecule has 3 rings (SSSR count). The SMILES string of the molecule is CN(C(=O)c1cc2c(cc1F)NC(=O)CC2)C1(C(=O)O)CCCCC1. The van der Waals surface area contributed by atoms with Crippen LogP contribution in [0.4, 0.5) is 10.1 Å². The van der Waals surface area contributed by atoms with E-state index in [1.807, 2.05) is 0 Å². The van der Waals surface area contributed by atoms with Gasteiger partial charge < -0.3 is 15.3 Å². The van der Waals surface area contributed by atoms with E-state index in [0.717, 1.165) is 25.3 Å². The number of rotatable bonds is 3. The van der Waals surface area contributed by atoms with Crippen LogP contribution in [0.5, 0.6) is 0 Å². The number of aliphatic carboxylic acids is 1. The average Bonchev–Trinajstić information content (AvgIpc) is 2.60. The van der Waals surface area contributed by atoms with Crippen LogP contribution in [0, 0.1) is 5.82 Å². The van der Waals surface area contributed by atoms with Crippen molar-refractivity contribution in [1.29, 1.82) is 0 Å². The maximum Gasteiger partial charge on any atom is 0.329 e. The van der Waals surface area contributed by atoms with E-state index >= 15 is 0 Å². The fourth-order valence-electron chi connectivity index (χ4n) is 3.77. The van der Waals surface area contributed by atoms with E-state index in [2.05, 4.69) is 5.32 Å². The third kappa shape index (κ3) is 2.99. The minimum atomic E-state index is -1.29. The lowest BCUT2D eigenvalue weighted by Gasteiger charge is -2.41. The molecule has 2 amide bonds. The van der Waals surface area contributed by atoms with E-state index < -0.39 is 23.2 Å². The molecule has 0 spiro atoms. The van der Waals surface area contributed by atoms with E-state index in [1.54, 1.807) is 0 Å². The Hall–Kier alpha value is -2.44. The first kappa shape index (κ1) is 17.4. The van der Waals surface area contributed by atoms with Gasteiger partial charge in [-0.05, 0) is 37.0 Å². The van der Waals surface area contributed by atoms with Crippen molar-refractivity contribution in [3.05, 3.63) is 29.1 Å². The summed E-state index contributed by atoms with van der Waals surface area (Å²) in [5, 5.41) is 12.3. The summed E-state index contributed by atoms with van der Waals surface area (Å²) in [5.41, 5.74) is -0.376. The molecule has 1 aliphatic carbocycles. The summed E-state index contributed by atoms with van der Waals surface area (Å²) in [6.07, 6.45) is 3.83. The number of carboxylic acids is 1. The molecule has 0 bridgehead atoms. The van der Waals surface area contributed by atoms with Crippen molar-refractivity contribution in [3.8, 4) is 0 Å². The van der Waals surface area contributed by atoms with Gasteiger partial charge in [0.2, 0.25) is 5.91 Å². The molecule has 1 aromatic carbocycles. The third-order valence-corrected chi connectivity index (χ3v) is 5.34. The zero-order chi connectivity index (χ0) is 18.2. The first-order valence-corrected chi connectivity index (χ1v) is 8.49. The number of benzene rings is 1. The minimum absolute atomic E-state index is 0.149. The summed E-state index contributed by atoms with van der Waals surface area (Å²) >= 11 is 0. The number of carbonyl (C=O) groups is 3. The molecule has 134 valence electrons. The Bertz CT molecular complexity index is 741. The Balaban J connectivity index is 1.94. The molecule has 6 nitrogen and oxygen atoms in total. The van der Waals surface area contributed by atoms with Crippen molar-refractivity contribution < 1.29 is 23.9 Å². The van der Waals surface area contributed by atoms with Gasteiger partial charge in [-0.15, -0.1) is 0 Å². The molecule has 0 radical (unpaired) electrons. The van der Waals surface area contributed by atoms with Crippen LogP contribution in [0.3, 0.4) is 0 Å². The maximum absolute atomic E-state index is 14.5. The molecule has 7 heteroatoms. The highest BCUT2D eigenvalue weighted by Gasteiger charge is 2.46. The Morgan fingerprint density at radius 3 is 2.52 bits per heavy atom. The highest BCUT2D eigenvalue weighted by molar-refractivity contribution is 6.00. The standard InChI is InChI=1S/C18H21FN2O4/c1-21(18(17(24)25)7-3-2-4-8-18)16(23)12-9-11-5-6-15(22)20-14(11)10-13(12)19/h9-10H,2-8H2,1H3,(H,20,22)(H,24,25). The van der Waals surface area contributed by atoms with Crippen LogP contribution in [0.2, 0.25) is 0 Å². The van der Waals surface area contributed by atoms with Crippen molar-refractivity contribution in [2.45, 2.75) is 50.5 Å². The third-order valence-electron chi connectivity index (χ3n) is 5.34. The van der Waals surface area contributed by atoms with Gasteiger partial charge in [0, 0.05) is 19.2 Å². The summed E-state index contributed by atoms with van der Waals surface area (Å²) in [5.74, 6) is -2.63. The lowest BCUT2D eigenvalue weighted by atomic mass is 9.80. The van der Waals surface area contributed by atoms with E-state index in [0.29, 0.717) is 30.5 Å². The van der Waals surface area contributed by atoms with E-state index in [-0.39, 0.29) is 17.9 Å². The summed E-state index contributed by atoms with van der Waals surface area (Å²) < 4.78 is 14.5. The van der Waals surface area contributed by atoms with Crippen LogP contribution in [0.1, 0.15) is 54.4 Å². The Labute approximate surface area is 145 Å². The van der Waals surface area contributed by atoms with Gasteiger partial charge in [0.05, 0.1) is 5.56 Å². The largest absolute Gasteiger partial charge is 0.479 e. The highest BCUT2D eigenvalue weighted by atomic mass is 19.1. The number of carbonyl (C=O) groups excluding carboxylic acids is 2. The normalized spacial score (nSPS) is 18.9. The van der Waals surface area contributed by atoms with Gasteiger partial charge in [-0.25, -0.2) is 9.18 Å². The zero-order valence-corrected chi connectivity index (χ0v) is 14.1. The number of halogens is 1. The molecule has 25 heavy (non-hydrogen) atoms. The lowest BCUT2D eigenvalue weighted by molar-refractivity contribution is -0.151. The molecule has 1 fully saturated rings. The first-order valence-electron chi connectivity index (χ1n) is 8.49. The fourth-order valence-corrected chi connectivity index (χ4v) is 3.77. The van der Waals surface area contributed by atoms with Crippen LogP contribution in [0.15, 0.2) is 12.1 Å². The minimum Gasteiger partial charge on any atom is -0.479 e. The molecule has 2 N–H and O–H groups in total. The molecule has 0 saturated heterocycles. The summed E-state index contributed by atoms with van der Waals surface area (Å²) in [6.45, 7) is 0. The number of likely N-dealkylation sites (N-methyl/N-ethyl adjacent to an activating group) is 1. The zero-order valence-electron chi connectivity index (χ0n) is 14.1. The van der Waals surface area contributed by atoms with Gasteiger partial charge in [-0.3, -0.25) is 9.59 Å². The average molecular weight is 348 g/mol. The number of amides is 2. The molecule has 1 aliphatic heterocycles. The van der Waals surface area contributed by atoms with E-state index in [9.17, 15) is 23.9 Å². The van der Waals surface area contributed by atoms with Crippen LogP contribution in [0.25, 0.3) is 0 Å². The smallest absolute Gasteiger partial charge is 0.329 e. The summed E-state index contributed by atoms with van der Waals surface area (Å²) in [6, 6.07) is 2.57. The fraction of sp³-hybridized carbons (Fsp3) is 0.500. The van der Waals surface area contributed by atoms with Gasteiger partial charge in [-0.2, -0.15) is 0 Å². The van der Waals surface area contributed by atoms with Crippen molar-refractivity contribution in [3.63, 3.8) is 0 Å². The second-order valence-corrected chi connectivity index (χ2v) is 6.80. The van der Waals surface area contributed by atoms with Crippen LogP contribution < -0.4 is 5.32 Å². The Morgan fingerprint density at radius 1 is 1.20 bits per heavy atom. The van der Waals surface area contributed by atoms with Gasteiger partial charge in [0.15, 0.2) is 0 Å². The van der Waals surface area contributed by atoms with Crippen LogP contribution in [-0.2, 0) is 16.0 Å². The van der Waals surface area contributed by atoms with Gasteiger partial charge in [-0.1, -0.05) is 19.3 Å². The van der Waals surface area contributed by atoms with Gasteiger partial charge >= 0.3 is 5.97 Å². The summed E-state index contributed by atoms with van der Waals surface area (Å²) in [4.78, 5) is 37.3. The predicted molar refractivity (Wildman–Crippen MR) is 88.9 cm³/mol. The molecule has 1 aromatic rings. The summed E-state index contributed by atoms with van der Waals surface area (Å²) in [7, 11) is 1.43. The van der Waals surface area contributed by atoms with Crippen LogP contribution >= 0.6 is 0 Å². The Morgan fingerprint density at radius 2 is 1.88 bits per heavy atom. The number of aryl methyl sites for hydroxylation is 1. The monoisotopic (exact) mass is 348 g/mol. The molecular weight excluding hydrogens is 327 g/mol. The molecule has 0 atom stereocenters. The first-order chi connectivity index (χ1) is 11.8. The quantitative estimate of drug-likeness (QED) is 0.879. The molecule has 0 unspecified atom stereocenters. The number of hydrogen-bond acceptors (Lipinski definition) is 3. The van der Waals surface area contributed by atoms with Gasteiger partial charge in [0.25, 0.3) is 5.91 Å². The van der Waals surface area contributed by atoms with Gasteiger partial charge in [0.1, 0.15) is 11.4 Å². The number of hydrogen-bond donors (Lipinski definition) is 2. The number of fused-ring (bicyclic) bond motifs is 1. The molecule has 2 aliphatic rings. The van der Waals surface area contributed by atoms with Crippen molar-refractivity contribution in [2.75, 3.05) is 12.4 Å². The van der Waals surface area contributed by atoms with Crippen molar-refractivity contribution >= 4 is 23.5 Å². The second kappa shape index (κ2) is 6.46. The number of anilines is 1.